The summed E-state index contributed by atoms with van der Waals surface area (Å²) in [5, 5.41) is 4.16. The van der Waals surface area contributed by atoms with Crippen LogP contribution in [-0.4, -0.2) is 45.6 Å². The van der Waals surface area contributed by atoms with Crippen molar-refractivity contribution in [3.63, 3.8) is 0 Å². The van der Waals surface area contributed by atoms with E-state index >= 15 is 0 Å². The maximum absolute atomic E-state index is 12.9. The van der Waals surface area contributed by atoms with Gasteiger partial charge in [0.15, 0.2) is 0 Å². The maximum atomic E-state index is 12.9. The first-order valence-electron chi connectivity index (χ1n) is 8.24. The van der Waals surface area contributed by atoms with Crippen LogP contribution in [0.1, 0.15) is 42.8 Å². The lowest BCUT2D eigenvalue weighted by Crippen LogP contribution is -2.38. The predicted octanol–water partition coefficient (Wildman–Crippen LogP) is 1.88. The molecule has 0 N–H and O–H groups in total. The third-order valence-corrected chi connectivity index (χ3v) is 6.62. The summed E-state index contributed by atoms with van der Waals surface area (Å²) >= 11 is 0. The molecule has 130 valence electrons. The summed E-state index contributed by atoms with van der Waals surface area (Å²) in [6.07, 6.45) is 6.51. The monoisotopic (exact) mass is 349 g/mol. The zero-order valence-corrected chi connectivity index (χ0v) is 15.1. The molecule has 2 aromatic rings. The topological polar surface area (TPSA) is 81.0 Å². The quantitative estimate of drug-likeness (QED) is 0.842. The Morgan fingerprint density at radius 3 is 2.46 bits per heavy atom. The second kappa shape index (κ2) is 6.60. The van der Waals surface area contributed by atoms with Crippen molar-refractivity contribution in [2.45, 2.75) is 51.0 Å². The number of aromatic nitrogens is 4. The van der Waals surface area contributed by atoms with Gasteiger partial charge in [0.2, 0.25) is 10.0 Å². The number of sulfonamides is 1. The van der Waals surface area contributed by atoms with E-state index < -0.39 is 10.0 Å². The van der Waals surface area contributed by atoms with E-state index in [-0.39, 0.29) is 5.92 Å². The lowest BCUT2D eigenvalue weighted by Gasteiger charge is -2.30. The molecular weight excluding hydrogens is 326 g/mol. The first-order valence-corrected chi connectivity index (χ1v) is 9.68. The van der Waals surface area contributed by atoms with Crippen LogP contribution >= 0.6 is 0 Å². The fraction of sp³-hybridized carbons (Fsp3) is 0.562. The SMILES string of the molecule is CCn1ncc(S(=O)(=O)N2CCC(c3cncc(C)n3)CC2)c1C. The molecule has 1 saturated heterocycles. The van der Waals surface area contributed by atoms with Gasteiger partial charge in [-0.25, -0.2) is 8.42 Å². The number of hydrogen-bond donors (Lipinski definition) is 0. The molecule has 0 radical (unpaired) electrons. The minimum Gasteiger partial charge on any atom is -0.269 e. The van der Waals surface area contributed by atoms with Crippen LogP contribution in [0.3, 0.4) is 0 Å². The Hall–Kier alpha value is -1.80. The van der Waals surface area contributed by atoms with Gasteiger partial charge in [0.05, 0.1) is 23.3 Å². The second-order valence-electron chi connectivity index (χ2n) is 6.17. The van der Waals surface area contributed by atoms with Crippen molar-refractivity contribution in [1.29, 1.82) is 0 Å². The number of piperidine rings is 1. The van der Waals surface area contributed by atoms with Gasteiger partial charge in [-0.2, -0.15) is 9.40 Å². The highest BCUT2D eigenvalue weighted by molar-refractivity contribution is 7.89. The van der Waals surface area contributed by atoms with Crippen LogP contribution in [0.15, 0.2) is 23.5 Å². The van der Waals surface area contributed by atoms with E-state index in [1.165, 1.54) is 6.20 Å². The van der Waals surface area contributed by atoms with Crippen LogP contribution in [0, 0.1) is 13.8 Å². The van der Waals surface area contributed by atoms with Crippen molar-refractivity contribution in [2.24, 2.45) is 0 Å². The molecule has 0 saturated carbocycles. The normalized spacial score (nSPS) is 17.3. The van der Waals surface area contributed by atoms with Crippen LogP contribution < -0.4 is 0 Å². The van der Waals surface area contributed by atoms with Crippen molar-refractivity contribution in [2.75, 3.05) is 13.1 Å². The van der Waals surface area contributed by atoms with Crippen molar-refractivity contribution in [3.8, 4) is 0 Å². The highest BCUT2D eigenvalue weighted by Gasteiger charge is 2.32. The molecule has 1 fully saturated rings. The average molecular weight is 349 g/mol. The lowest BCUT2D eigenvalue weighted by atomic mass is 9.95. The summed E-state index contributed by atoms with van der Waals surface area (Å²) in [5.74, 6) is 0.267. The summed E-state index contributed by atoms with van der Waals surface area (Å²) in [4.78, 5) is 9.04. The third kappa shape index (κ3) is 3.08. The smallest absolute Gasteiger partial charge is 0.246 e. The van der Waals surface area contributed by atoms with E-state index in [1.54, 1.807) is 28.3 Å². The van der Waals surface area contributed by atoms with Gasteiger partial charge in [0, 0.05) is 37.9 Å². The van der Waals surface area contributed by atoms with E-state index in [0.29, 0.717) is 30.2 Å². The molecule has 0 spiro atoms. The molecule has 2 aromatic heterocycles. The Labute approximate surface area is 142 Å². The van der Waals surface area contributed by atoms with Crippen LogP contribution in [0.5, 0.6) is 0 Å². The average Bonchev–Trinajstić information content (AvgIpc) is 2.96. The molecule has 7 nitrogen and oxygen atoms in total. The van der Waals surface area contributed by atoms with Gasteiger partial charge < -0.3 is 0 Å². The number of nitrogens with zero attached hydrogens (tertiary/aromatic N) is 5. The van der Waals surface area contributed by atoms with E-state index in [0.717, 1.165) is 24.2 Å². The van der Waals surface area contributed by atoms with Crippen molar-refractivity contribution >= 4 is 10.0 Å². The number of hydrogen-bond acceptors (Lipinski definition) is 5. The summed E-state index contributed by atoms with van der Waals surface area (Å²) < 4.78 is 29.0. The van der Waals surface area contributed by atoms with Crippen molar-refractivity contribution in [1.82, 2.24) is 24.1 Å². The molecule has 0 aliphatic carbocycles. The molecule has 1 aliphatic heterocycles. The first-order chi connectivity index (χ1) is 11.4. The summed E-state index contributed by atoms with van der Waals surface area (Å²) in [7, 11) is -3.48. The fourth-order valence-electron chi connectivity index (χ4n) is 3.21. The number of rotatable bonds is 4. The Morgan fingerprint density at radius 2 is 1.88 bits per heavy atom. The Bertz CT molecular complexity index is 823. The van der Waals surface area contributed by atoms with Crippen LogP contribution in [0.25, 0.3) is 0 Å². The van der Waals surface area contributed by atoms with Crippen molar-refractivity contribution in [3.05, 3.63) is 35.7 Å². The van der Waals surface area contributed by atoms with Gasteiger partial charge in [0.25, 0.3) is 0 Å². The highest BCUT2D eigenvalue weighted by atomic mass is 32.2. The Morgan fingerprint density at radius 1 is 1.17 bits per heavy atom. The largest absolute Gasteiger partial charge is 0.269 e. The standard InChI is InChI=1S/C16H23N5O2S/c1-4-21-13(3)16(11-18-21)24(22,23)20-7-5-14(6-8-20)15-10-17-9-12(2)19-15/h9-11,14H,4-8H2,1-3H3. The molecule has 1 aliphatic rings. The zero-order chi connectivity index (χ0) is 17.3. The minimum absolute atomic E-state index is 0.267. The highest BCUT2D eigenvalue weighted by Crippen LogP contribution is 2.30. The molecule has 24 heavy (non-hydrogen) atoms. The van der Waals surface area contributed by atoms with Crippen LogP contribution in [-0.2, 0) is 16.6 Å². The van der Waals surface area contributed by atoms with Gasteiger partial charge in [0.1, 0.15) is 4.90 Å². The first kappa shape index (κ1) is 17.0. The van der Waals surface area contributed by atoms with Gasteiger partial charge in [-0.3, -0.25) is 14.6 Å². The lowest BCUT2D eigenvalue weighted by molar-refractivity contribution is 0.316. The molecule has 0 unspecified atom stereocenters. The fourth-order valence-corrected chi connectivity index (χ4v) is 4.84. The molecule has 0 amide bonds. The molecule has 3 heterocycles. The third-order valence-electron chi connectivity index (χ3n) is 4.62. The minimum atomic E-state index is -3.48. The van der Waals surface area contributed by atoms with Crippen LogP contribution in [0.2, 0.25) is 0 Å². The molecule has 3 rings (SSSR count). The van der Waals surface area contributed by atoms with Gasteiger partial charge in [-0.15, -0.1) is 0 Å². The van der Waals surface area contributed by atoms with Gasteiger partial charge in [-0.1, -0.05) is 0 Å². The molecule has 0 bridgehead atoms. The summed E-state index contributed by atoms with van der Waals surface area (Å²) in [6, 6.07) is 0. The van der Waals surface area contributed by atoms with E-state index in [9.17, 15) is 8.42 Å². The van der Waals surface area contributed by atoms with E-state index in [4.69, 9.17) is 0 Å². The van der Waals surface area contributed by atoms with Crippen LogP contribution in [0.4, 0.5) is 0 Å². The molecular formula is C16H23N5O2S. The summed E-state index contributed by atoms with van der Waals surface area (Å²) in [5.41, 5.74) is 2.55. The molecule has 0 aromatic carbocycles. The van der Waals surface area contributed by atoms with Gasteiger partial charge >= 0.3 is 0 Å². The molecule has 0 atom stereocenters. The number of aryl methyl sites for hydroxylation is 2. The predicted molar refractivity (Wildman–Crippen MR) is 90.1 cm³/mol. The Kier molecular flexibility index (Phi) is 4.69. The van der Waals surface area contributed by atoms with E-state index in [2.05, 4.69) is 15.1 Å². The van der Waals surface area contributed by atoms with Gasteiger partial charge in [-0.05, 0) is 33.6 Å². The van der Waals surface area contributed by atoms with Crippen molar-refractivity contribution < 1.29 is 8.42 Å². The van der Waals surface area contributed by atoms with E-state index in [1.807, 2.05) is 13.8 Å². The maximum Gasteiger partial charge on any atom is 0.246 e. The Balaban J connectivity index is 1.75. The summed E-state index contributed by atoms with van der Waals surface area (Å²) in [6.45, 7) is 7.34. The zero-order valence-electron chi connectivity index (χ0n) is 14.3. The molecule has 8 heteroatoms. The second-order valence-corrected chi connectivity index (χ2v) is 8.08.